The molecule has 4 aromatic rings. The molecule has 10 heteroatoms. The number of benzene rings is 2. The first-order valence-corrected chi connectivity index (χ1v) is 15.0. The molecule has 0 bridgehead atoms. The van der Waals surface area contributed by atoms with Crippen molar-refractivity contribution in [3.8, 4) is 17.3 Å². The molecule has 4 heterocycles. The summed E-state index contributed by atoms with van der Waals surface area (Å²) in [4.78, 5) is 31.5. The second kappa shape index (κ2) is 12.9. The molecule has 0 aliphatic carbocycles. The van der Waals surface area contributed by atoms with Crippen LogP contribution in [0.3, 0.4) is 0 Å². The molecule has 44 heavy (non-hydrogen) atoms. The molecule has 2 aliphatic heterocycles. The predicted octanol–water partition coefficient (Wildman–Crippen LogP) is 5.99. The maximum absolute atomic E-state index is 12.9. The molecule has 6 rings (SSSR count). The van der Waals surface area contributed by atoms with Crippen LogP contribution < -0.4 is 15.0 Å². The van der Waals surface area contributed by atoms with E-state index >= 15 is 0 Å². The van der Waals surface area contributed by atoms with Crippen molar-refractivity contribution >= 4 is 23.4 Å². The zero-order valence-corrected chi connectivity index (χ0v) is 25.5. The van der Waals surface area contributed by atoms with Crippen molar-refractivity contribution in [1.29, 1.82) is 0 Å². The molecule has 1 amide bonds. The van der Waals surface area contributed by atoms with Crippen LogP contribution in [-0.4, -0.2) is 64.4 Å². The number of hydrogen-bond donors (Lipinski definition) is 1. The number of pyridine rings is 1. The van der Waals surface area contributed by atoms with E-state index in [1.54, 1.807) is 4.90 Å². The third kappa shape index (κ3) is 7.26. The summed E-state index contributed by atoms with van der Waals surface area (Å²) in [6.07, 6.45) is 0.348. The Bertz CT molecular complexity index is 1580. The van der Waals surface area contributed by atoms with Gasteiger partial charge in [0.2, 0.25) is 5.88 Å². The van der Waals surface area contributed by atoms with E-state index in [1.165, 1.54) is 0 Å². The van der Waals surface area contributed by atoms with Crippen molar-refractivity contribution in [3.05, 3.63) is 89.6 Å². The van der Waals surface area contributed by atoms with Gasteiger partial charge in [0.05, 0.1) is 25.5 Å². The molecule has 1 saturated heterocycles. The molecule has 228 valence electrons. The topological polar surface area (TPSA) is 102 Å². The van der Waals surface area contributed by atoms with Crippen LogP contribution in [0, 0.1) is 0 Å². The lowest BCUT2D eigenvalue weighted by atomic mass is 10.0. The lowest BCUT2D eigenvalue weighted by molar-refractivity contribution is 0.0220. The fourth-order valence-electron chi connectivity index (χ4n) is 5.21. The van der Waals surface area contributed by atoms with Crippen LogP contribution in [0.1, 0.15) is 37.6 Å². The summed E-state index contributed by atoms with van der Waals surface area (Å²) < 4.78 is 17.1. The molecule has 2 aromatic heterocycles. The van der Waals surface area contributed by atoms with Crippen LogP contribution in [0.25, 0.3) is 11.4 Å². The number of carbonyl (C=O) groups is 1. The molecule has 2 aromatic carbocycles. The number of rotatable bonds is 7. The summed E-state index contributed by atoms with van der Waals surface area (Å²) in [5, 5.41) is 3.36. The fraction of sp³-hybridized carbons (Fsp3) is 0.353. The molecule has 0 saturated carbocycles. The highest BCUT2D eigenvalue weighted by molar-refractivity contribution is 5.70. The molecule has 2 aliphatic rings. The van der Waals surface area contributed by atoms with Crippen molar-refractivity contribution in [2.24, 2.45) is 0 Å². The summed E-state index contributed by atoms with van der Waals surface area (Å²) >= 11 is 0. The zero-order chi connectivity index (χ0) is 30.5. The van der Waals surface area contributed by atoms with Gasteiger partial charge in [0.15, 0.2) is 5.82 Å². The molecule has 0 spiro atoms. The molecule has 1 N–H and O–H groups in total. The van der Waals surface area contributed by atoms with Gasteiger partial charge in [-0.05, 0) is 63.1 Å². The molecular formula is C34H38N6O4. The zero-order valence-electron chi connectivity index (χ0n) is 25.5. The van der Waals surface area contributed by atoms with Gasteiger partial charge in [-0.15, -0.1) is 0 Å². The Hall–Kier alpha value is -4.70. The summed E-state index contributed by atoms with van der Waals surface area (Å²) in [5.74, 6) is 2.78. The van der Waals surface area contributed by atoms with E-state index in [0.717, 1.165) is 47.0 Å². The maximum Gasteiger partial charge on any atom is 0.410 e. The third-order valence-corrected chi connectivity index (χ3v) is 7.37. The standard InChI is InChI=1S/C34H38N6O4/c1-34(2,3)44-33(41)40-17-16-27-28(22-40)36-31(38-32(27)39-18-20-42-21-19-39)25-12-14-26(15-13-25)35-29-10-7-11-30(37-29)43-23-24-8-5-4-6-9-24/h4-15H,16-23H2,1-3H3,(H,35,37). The minimum atomic E-state index is -0.561. The number of nitrogens with one attached hydrogen (secondary N) is 1. The Morgan fingerprint density at radius 2 is 1.68 bits per heavy atom. The SMILES string of the molecule is CC(C)(C)OC(=O)N1CCc2c(nc(-c3ccc(Nc4cccc(OCc5ccccc5)n4)cc3)nc2N2CCOCC2)C1. The summed E-state index contributed by atoms with van der Waals surface area (Å²) in [6, 6.07) is 23.6. The average Bonchev–Trinajstić information content (AvgIpc) is 3.03. The quantitative estimate of drug-likeness (QED) is 0.276. The van der Waals surface area contributed by atoms with E-state index in [2.05, 4.69) is 15.2 Å². The molecule has 0 atom stereocenters. The van der Waals surface area contributed by atoms with E-state index in [9.17, 15) is 4.79 Å². The molecular weight excluding hydrogens is 556 g/mol. The fourth-order valence-corrected chi connectivity index (χ4v) is 5.21. The van der Waals surface area contributed by atoms with Crippen LogP contribution >= 0.6 is 0 Å². The number of amides is 1. The maximum atomic E-state index is 12.9. The third-order valence-electron chi connectivity index (χ3n) is 7.37. The number of hydrogen-bond acceptors (Lipinski definition) is 9. The van der Waals surface area contributed by atoms with Crippen molar-refractivity contribution in [2.75, 3.05) is 43.1 Å². The summed E-state index contributed by atoms with van der Waals surface area (Å²) in [7, 11) is 0. The van der Waals surface area contributed by atoms with Crippen molar-refractivity contribution in [1.82, 2.24) is 19.9 Å². The first-order valence-electron chi connectivity index (χ1n) is 15.0. The molecule has 10 nitrogen and oxygen atoms in total. The second-order valence-electron chi connectivity index (χ2n) is 11.9. The Kier molecular flexibility index (Phi) is 8.60. The number of fused-ring (bicyclic) bond motifs is 1. The van der Waals surface area contributed by atoms with Gasteiger partial charge in [-0.3, -0.25) is 0 Å². The van der Waals surface area contributed by atoms with Gasteiger partial charge in [-0.25, -0.2) is 14.8 Å². The summed E-state index contributed by atoms with van der Waals surface area (Å²) in [6.45, 7) is 9.89. The van der Waals surface area contributed by atoms with Gasteiger partial charge < -0.3 is 29.3 Å². The molecule has 1 fully saturated rings. The van der Waals surface area contributed by atoms with Gasteiger partial charge in [-0.2, -0.15) is 4.98 Å². The number of anilines is 3. The predicted molar refractivity (Wildman–Crippen MR) is 169 cm³/mol. The van der Waals surface area contributed by atoms with Crippen molar-refractivity contribution < 1.29 is 19.0 Å². The number of carbonyl (C=O) groups excluding carboxylic acids is 1. The minimum Gasteiger partial charge on any atom is -0.473 e. The minimum absolute atomic E-state index is 0.324. The Balaban J connectivity index is 1.20. The largest absolute Gasteiger partial charge is 0.473 e. The Morgan fingerprint density at radius 1 is 0.909 bits per heavy atom. The van der Waals surface area contributed by atoms with E-state index in [4.69, 9.17) is 24.2 Å². The smallest absolute Gasteiger partial charge is 0.410 e. The number of aromatic nitrogens is 3. The van der Waals surface area contributed by atoms with Crippen LogP contribution in [0.4, 0.5) is 22.1 Å². The van der Waals surface area contributed by atoms with E-state index < -0.39 is 5.60 Å². The second-order valence-corrected chi connectivity index (χ2v) is 11.9. The highest BCUT2D eigenvalue weighted by Crippen LogP contribution is 2.31. The van der Waals surface area contributed by atoms with Gasteiger partial charge >= 0.3 is 6.09 Å². The monoisotopic (exact) mass is 594 g/mol. The van der Waals surface area contributed by atoms with Crippen LogP contribution in [0.5, 0.6) is 5.88 Å². The first-order chi connectivity index (χ1) is 21.3. The number of morpholine rings is 1. The van der Waals surface area contributed by atoms with Gasteiger partial charge in [0.25, 0.3) is 0 Å². The average molecular weight is 595 g/mol. The van der Waals surface area contributed by atoms with Crippen molar-refractivity contribution in [2.45, 2.75) is 45.9 Å². The Labute approximate surface area is 258 Å². The van der Waals surface area contributed by atoms with Crippen molar-refractivity contribution in [3.63, 3.8) is 0 Å². The first kappa shape index (κ1) is 29.4. The van der Waals surface area contributed by atoms with Crippen LogP contribution in [0.2, 0.25) is 0 Å². The lowest BCUT2D eigenvalue weighted by Gasteiger charge is -2.34. The highest BCUT2D eigenvalue weighted by Gasteiger charge is 2.30. The highest BCUT2D eigenvalue weighted by atomic mass is 16.6. The van der Waals surface area contributed by atoms with Gasteiger partial charge in [0, 0.05) is 42.5 Å². The lowest BCUT2D eigenvalue weighted by Crippen LogP contribution is -2.42. The Morgan fingerprint density at radius 3 is 2.43 bits per heavy atom. The normalized spacial score (nSPS) is 15.0. The molecule has 0 unspecified atom stereocenters. The van der Waals surface area contributed by atoms with E-state index in [0.29, 0.717) is 56.9 Å². The van der Waals surface area contributed by atoms with Gasteiger partial charge in [-0.1, -0.05) is 36.4 Å². The van der Waals surface area contributed by atoms with Crippen LogP contribution in [0.15, 0.2) is 72.8 Å². The number of ether oxygens (including phenoxy) is 3. The van der Waals surface area contributed by atoms with Crippen LogP contribution in [-0.2, 0) is 29.0 Å². The van der Waals surface area contributed by atoms with E-state index in [1.807, 2.05) is 93.6 Å². The molecule has 0 radical (unpaired) electrons. The summed E-state index contributed by atoms with van der Waals surface area (Å²) in [5.41, 5.74) is 4.23. The van der Waals surface area contributed by atoms with E-state index in [-0.39, 0.29) is 6.09 Å². The van der Waals surface area contributed by atoms with Gasteiger partial charge in [0.1, 0.15) is 23.8 Å². The number of nitrogens with zero attached hydrogens (tertiary/aromatic N) is 5.